The molecule has 0 spiro atoms. The maximum absolute atomic E-state index is 11.1. The van der Waals surface area contributed by atoms with Crippen molar-refractivity contribution in [2.45, 2.75) is 18.6 Å². The third-order valence-corrected chi connectivity index (χ3v) is 3.19. The van der Waals surface area contributed by atoms with Crippen LogP contribution in [0.3, 0.4) is 0 Å². The van der Waals surface area contributed by atoms with Crippen LogP contribution in [0.25, 0.3) is 0 Å². The van der Waals surface area contributed by atoms with E-state index in [-0.39, 0.29) is 4.75 Å². The van der Waals surface area contributed by atoms with Crippen LogP contribution in [0.4, 0.5) is 0 Å². The van der Waals surface area contributed by atoms with Gasteiger partial charge in [0.15, 0.2) is 0 Å². The highest BCUT2D eigenvalue weighted by Gasteiger charge is 2.32. The zero-order valence-electron chi connectivity index (χ0n) is 7.74. The van der Waals surface area contributed by atoms with E-state index in [4.69, 9.17) is 5.11 Å². The highest BCUT2D eigenvalue weighted by Crippen LogP contribution is 2.29. The molecule has 0 aromatic rings. The van der Waals surface area contributed by atoms with E-state index >= 15 is 0 Å². The summed E-state index contributed by atoms with van der Waals surface area (Å²) in [5.74, 6) is -1.33. The molecule has 1 heterocycles. The molecule has 5 heteroatoms. The number of aliphatic carboxylic acids is 1. The quantitative estimate of drug-likeness (QED) is 0.580. The van der Waals surface area contributed by atoms with Crippen molar-refractivity contribution in [1.29, 1.82) is 0 Å². The Morgan fingerprint density at radius 3 is 2.54 bits per heavy atom. The highest BCUT2D eigenvalue weighted by atomic mass is 32.2. The summed E-state index contributed by atoms with van der Waals surface area (Å²) in [6.07, 6.45) is 0. The number of thioether (sulfide) groups is 1. The van der Waals surface area contributed by atoms with E-state index in [9.17, 15) is 9.59 Å². The topological polar surface area (TPSA) is 57.6 Å². The number of nitrogens with zero attached hydrogens (tertiary/aromatic N) is 1. The fourth-order valence-electron chi connectivity index (χ4n) is 1.33. The smallest absolute Gasteiger partial charge is 0.394 e. The fraction of sp³-hybridized carbons (Fsp3) is 0.750. The van der Waals surface area contributed by atoms with Crippen LogP contribution in [0, 0.1) is 0 Å². The number of carbonyl (C=O) groups excluding carboxylic acids is 1. The lowest BCUT2D eigenvalue weighted by Crippen LogP contribution is -2.48. The van der Waals surface area contributed by atoms with Gasteiger partial charge >= 0.3 is 11.9 Å². The largest absolute Gasteiger partial charge is 0.474 e. The average molecular weight is 203 g/mol. The Morgan fingerprint density at radius 2 is 2.08 bits per heavy atom. The van der Waals surface area contributed by atoms with Crippen LogP contribution in [-0.4, -0.2) is 45.5 Å². The van der Waals surface area contributed by atoms with Crippen LogP contribution >= 0.6 is 11.8 Å². The number of carboxylic acids is 1. The summed E-state index contributed by atoms with van der Waals surface area (Å²) in [7, 11) is 0. The van der Waals surface area contributed by atoms with Gasteiger partial charge in [0.1, 0.15) is 0 Å². The first kappa shape index (κ1) is 10.4. The molecular formula is C8H13NO3S. The van der Waals surface area contributed by atoms with Gasteiger partial charge in [-0.1, -0.05) is 0 Å². The van der Waals surface area contributed by atoms with E-state index in [2.05, 4.69) is 0 Å². The number of carbonyl (C=O) groups is 2. The highest BCUT2D eigenvalue weighted by molar-refractivity contribution is 8.00. The first-order chi connectivity index (χ1) is 5.92. The fourth-order valence-corrected chi connectivity index (χ4v) is 2.44. The second kappa shape index (κ2) is 3.57. The summed E-state index contributed by atoms with van der Waals surface area (Å²) in [6, 6.07) is 0. The van der Waals surface area contributed by atoms with Gasteiger partial charge in [0.05, 0.1) is 0 Å². The second-order valence-corrected chi connectivity index (χ2v) is 5.44. The van der Waals surface area contributed by atoms with Crippen molar-refractivity contribution in [2.24, 2.45) is 0 Å². The summed E-state index contributed by atoms with van der Waals surface area (Å²) in [5, 5.41) is 8.51. The Labute approximate surface area is 81.3 Å². The van der Waals surface area contributed by atoms with E-state index in [0.717, 1.165) is 5.75 Å². The summed E-state index contributed by atoms with van der Waals surface area (Å²) in [4.78, 5) is 22.9. The Kier molecular flexibility index (Phi) is 2.85. The van der Waals surface area contributed by atoms with Crippen LogP contribution in [0.15, 0.2) is 0 Å². The molecule has 0 atom stereocenters. The Hall–Kier alpha value is -0.710. The molecule has 1 amide bonds. The summed E-state index contributed by atoms with van der Waals surface area (Å²) >= 11 is 1.77. The van der Waals surface area contributed by atoms with Gasteiger partial charge in [-0.3, -0.25) is 4.79 Å². The predicted molar refractivity (Wildman–Crippen MR) is 50.8 cm³/mol. The van der Waals surface area contributed by atoms with Gasteiger partial charge in [0, 0.05) is 23.6 Å². The van der Waals surface area contributed by atoms with E-state index < -0.39 is 11.9 Å². The molecule has 0 saturated carbocycles. The molecule has 1 aliphatic heterocycles. The second-order valence-electron chi connectivity index (χ2n) is 3.64. The van der Waals surface area contributed by atoms with Crippen LogP contribution in [0.2, 0.25) is 0 Å². The molecule has 13 heavy (non-hydrogen) atoms. The normalized spacial score (nSPS) is 21.2. The minimum absolute atomic E-state index is 0.0244. The third-order valence-electron chi connectivity index (χ3n) is 1.90. The van der Waals surface area contributed by atoms with E-state index in [0.29, 0.717) is 13.1 Å². The van der Waals surface area contributed by atoms with Gasteiger partial charge in [-0.2, -0.15) is 11.8 Å². The summed E-state index contributed by atoms with van der Waals surface area (Å²) in [5.41, 5.74) is 0. The minimum atomic E-state index is -1.36. The minimum Gasteiger partial charge on any atom is -0.474 e. The Bertz CT molecular complexity index is 240. The molecule has 0 aromatic heterocycles. The van der Waals surface area contributed by atoms with Gasteiger partial charge in [-0.05, 0) is 13.8 Å². The molecule has 4 nitrogen and oxygen atoms in total. The van der Waals surface area contributed by atoms with Crippen molar-refractivity contribution in [3.8, 4) is 0 Å². The van der Waals surface area contributed by atoms with Gasteiger partial charge in [-0.15, -0.1) is 0 Å². The van der Waals surface area contributed by atoms with Crippen LogP contribution in [0.5, 0.6) is 0 Å². The summed E-state index contributed by atoms with van der Waals surface area (Å²) in [6.45, 7) is 5.08. The average Bonchev–Trinajstić information content (AvgIpc) is 2.01. The van der Waals surface area contributed by atoms with Crippen LogP contribution in [0.1, 0.15) is 13.8 Å². The Morgan fingerprint density at radius 1 is 1.46 bits per heavy atom. The maximum atomic E-state index is 11.1. The molecule has 0 unspecified atom stereocenters. The lowest BCUT2D eigenvalue weighted by atomic mass is 10.2. The van der Waals surface area contributed by atoms with Gasteiger partial charge < -0.3 is 10.0 Å². The number of amides is 1. The van der Waals surface area contributed by atoms with Crippen molar-refractivity contribution in [2.75, 3.05) is 18.8 Å². The van der Waals surface area contributed by atoms with E-state index in [1.165, 1.54) is 4.90 Å². The number of carboxylic acid groups (broad SMARTS) is 1. The van der Waals surface area contributed by atoms with E-state index in [1.807, 2.05) is 13.8 Å². The van der Waals surface area contributed by atoms with Crippen LogP contribution in [-0.2, 0) is 9.59 Å². The molecule has 1 fully saturated rings. The predicted octanol–water partition coefficient (Wildman–Crippen LogP) is 0.425. The van der Waals surface area contributed by atoms with Crippen molar-refractivity contribution in [3.63, 3.8) is 0 Å². The molecule has 0 bridgehead atoms. The molecule has 1 saturated heterocycles. The van der Waals surface area contributed by atoms with Crippen molar-refractivity contribution >= 4 is 23.6 Å². The molecular weight excluding hydrogens is 190 g/mol. The van der Waals surface area contributed by atoms with Gasteiger partial charge in [0.2, 0.25) is 0 Å². The zero-order valence-corrected chi connectivity index (χ0v) is 8.56. The lowest BCUT2D eigenvalue weighted by Gasteiger charge is -2.36. The first-order valence-electron chi connectivity index (χ1n) is 4.08. The lowest BCUT2D eigenvalue weighted by molar-refractivity contribution is -0.156. The van der Waals surface area contributed by atoms with Crippen LogP contribution < -0.4 is 0 Å². The maximum Gasteiger partial charge on any atom is 0.394 e. The standard InChI is InChI=1S/C8H13NO3S/c1-8(2)5-9(3-4-13-8)6(10)7(11)12/h3-5H2,1-2H3,(H,11,12). The molecule has 0 aliphatic carbocycles. The molecule has 1 rings (SSSR count). The van der Waals surface area contributed by atoms with Gasteiger partial charge in [0.25, 0.3) is 0 Å². The summed E-state index contributed by atoms with van der Waals surface area (Å²) < 4.78 is -0.0244. The molecule has 0 aromatic carbocycles. The SMILES string of the molecule is CC1(C)CN(C(=O)C(=O)O)CCS1. The van der Waals surface area contributed by atoms with Crippen molar-refractivity contribution < 1.29 is 14.7 Å². The third kappa shape index (κ3) is 2.62. The number of rotatable bonds is 0. The van der Waals surface area contributed by atoms with Gasteiger partial charge in [-0.25, -0.2) is 4.79 Å². The number of hydrogen-bond acceptors (Lipinski definition) is 3. The van der Waals surface area contributed by atoms with Crippen molar-refractivity contribution in [1.82, 2.24) is 4.90 Å². The first-order valence-corrected chi connectivity index (χ1v) is 5.07. The monoisotopic (exact) mass is 203 g/mol. The van der Waals surface area contributed by atoms with Crippen molar-refractivity contribution in [3.05, 3.63) is 0 Å². The van der Waals surface area contributed by atoms with E-state index in [1.54, 1.807) is 11.8 Å². The molecule has 74 valence electrons. The number of hydrogen-bond donors (Lipinski definition) is 1. The molecule has 1 aliphatic rings. The zero-order chi connectivity index (χ0) is 10.1. The Balaban J connectivity index is 2.62. The molecule has 0 radical (unpaired) electrons. The molecule has 1 N–H and O–H groups in total.